The van der Waals surface area contributed by atoms with Gasteiger partial charge in [0.05, 0.1) is 18.2 Å². The van der Waals surface area contributed by atoms with Gasteiger partial charge in [0.25, 0.3) is 5.91 Å². The van der Waals surface area contributed by atoms with Gasteiger partial charge in [0.2, 0.25) is 0 Å². The van der Waals surface area contributed by atoms with Crippen molar-refractivity contribution in [2.24, 2.45) is 0 Å². The molecule has 0 aliphatic heterocycles. The van der Waals surface area contributed by atoms with Gasteiger partial charge >= 0.3 is 0 Å². The molecule has 1 rings (SSSR count). The lowest BCUT2D eigenvalue weighted by Gasteiger charge is -2.26. The molecule has 100 valence electrons. The molecule has 0 saturated carbocycles. The first-order valence-corrected chi connectivity index (χ1v) is 7.86. The number of carbonyl (C=O) groups is 1. The normalized spacial score (nSPS) is 11.2. The van der Waals surface area contributed by atoms with Crippen LogP contribution in [-0.4, -0.2) is 29.2 Å². The quantitative estimate of drug-likeness (QED) is 0.768. The maximum atomic E-state index is 12.2. The Morgan fingerprint density at radius 1 is 1.44 bits per heavy atom. The van der Waals surface area contributed by atoms with Gasteiger partial charge < -0.3 is 10.1 Å². The molecule has 1 aromatic carbocycles. The molecule has 1 amide bonds. The standard InChI is InChI=1S/C12H14Br2ClNO2/c1-12(6-13,7-14)16-11(17)9-5-8(15)3-4-10(9)18-2/h3-5H,6-7H2,1-2H3,(H,16,17). The molecule has 0 atom stereocenters. The van der Waals surface area contributed by atoms with Gasteiger partial charge in [-0.1, -0.05) is 43.5 Å². The van der Waals surface area contributed by atoms with Crippen molar-refractivity contribution in [3.63, 3.8) is 0 Å². The van der Waals surface area contributed by atoms with Gasteiger partial charge in [0.1, 0.15) is 5.75 Å². The Morgan fingerprint density at radius 2 is 2.06 bits per heavy atom. The second-order valence-corrected chi connectivity index (χ2v) is 5.68. The zero-order valence-corrected chi connectivity index (χ0v) is 14.0. The predicted octanol–water partition coefficient (Wildman–Crippen LogP) is 3.63. The molecule has 0 radical (unpaired) electrons. The zero-order valence-electron chi connectivity index (χ0n) is 10.1. The van der Waals surface area contributed by atoms with Gasteiger partial charge in [-0.15, -0.1) is 0 Å². The number of hydrogen-bond acceptors (Lipinski definition) is 2. The van der Waals surface area contributed by atoms with Crippen LogP contribution < -0.4 is 10.1 Å². The summed E-state index contributed by atoms with van der Waals surface area (Å²) in [7, 11) is 1.52. The topological polar surface area (TPSA) is 38.3 Å². The van der Waals surface area contributed by atoms with Gasteiger partial charge in [0.15, 0.2) is 0 Å². The zero-order chi connectivity index (χ0) is 13.8. The molecule has 6 heteroatoms. The molecule has 1 N–H and O–H groups in total. The first-order chi connectivity index (χ1) is 8.45. The molecule has 1 aromatic rings. The van der Waals surface area contributed by atoms with E-state index < -0.39 is 0 Å². The first kappa shape index (κ1) is 15.8. The lowest BCUT2D eigenvalue weighted by Crippen LogP contribution is -2.49. The van der Waals surface area contributed by atoms with Crippen molar-refractivity contribution in [3.8, 4) is 5.75 Å². The van der Waals surface area contributed by atoms with Crippen LogP contribution in [0.25, 0.3) is 0 Å². The third kappa shape index (κ3) is 3.87. The van der Waals surface area contributed by atoms with E-state index in [2.05, 4.69) is 37.2 Å². The second-order valence-electron chi connectivity index (χ2n) is 4.13. The van der Waals surface area contributed by atoms with E-state index in [1.54, 1.807) is 18.2 Å². The van der Waals surface area contributed by atoms with E-state index in [1.165, 1.54) is 7.11 Å². The van der Waals surface area contributed by atoms with E-state index in [1.807, 2.05) is 6.92 Å². The maximum Gasteiger partial charge on any atom is 0.255 e. The Labute approximate surface area is 128 Å². The molecule has 0 heterocycles. The van der Waals surface area contributed by atoms with E-state index in [0.29, 0.717) is 27.0 Å². The van der Waals surface area contributed by atoms with Crippen LogP contribution in [0.15, 0.2) is 18.2 Å². The Hall–Kier alpha value is -0.260. The SMILES string of the molecule is COc1ccc(Cl)cc1C(=O)NC(C)(CBr)CBr. The van der Waals surface area contributed by atoms with Crippen molar-refractivity contribution < 1.29 is 9.53 Å². The van der Waals surface area contributed by atoms with Gasteiger partial charge in [-0.05, 0) is 25.1 Å². The Kier molecular flexibility index (Phi) is 5.95. The number of methoxy groups -OCH3 is 1. The van der Waals surface area contributed by atoms with E-state index in [9.17, 15) is 4.79 Å². The number of amides is 1. The Morgan fingerprint density at radius 3 is 2.56 bits per heavy atom. The fraction of sp³-hybridized carbons (Fsp3) is 0.417. The smallest absolute Gasteiger partial charge is 0.255 e. The largest absolute Gasteiger partial charge is 0.496 e. The number of carbonyl (C=O) groups excluding carboxylic acids is 1. The van der Waals surface area contributed by atoms with Crippen LogP contribution in [0, 0.1) is 0 Å². The number of halogens is 3. The molecule has 0 bridgehead atoms. The molecule has 3 nitrogen and oxygen atoms in total. The van der Waals surface area contributed by atoms with Crippen molar-refractivity contribution in [3.05, 3.63) is 28.8 Å². The molecule has 0 saturated heterocycles. The Bertz CT molecular complexity index is 436. The average Bonchev–Trinajstić information content (AvgIpc) is 2.38. The van der Waals surface area contributed by atoms with Crippen LogP contribution in [0.1, 0.15) is 17.3 Å². The molecule has 0 aromatic heterocycles. The van der Waals surface area contributed by atoms with Crippen LogP contribution in [0.5, 0.6) is 5.75 Å². The number of alkyl halides is 2. The summed E-state index contributed by atoms with van der Waals surface area (Å²) >= 11 is 12.7. The molecular formula is C12H14Br2ClNO2. The van der Waals surface area contributed by atoms with Crippen LogP contribution in [0.4, 0.5) is 0 Å². The van der Waals surface area contributed by atoms with Gasteiger partial charge in [-0.3, -0.25) is 4.79 Å². The minimum Gasteiger partial charge on any atom is -0.496 e. The lowest BCUT2D eigenvalue weighted by atomic mass is 10.1. The monoisotopic (exact) mass is 397 g/mol. The van der Waals surface area contributed by atoms with Crippen LogP contribution in [-0.2, 0) is 0 Å². The maximum absolute atomic E-state index is 12.2. The van der Waals surface area contributed by atoms with Crippen molar-refractivity contribution in [2.75, 3.05) is 17.8 Å². The highest BCUT2D eigenvalue weighted by molar-refractivity contribution is 9.09. The van der Waals surface area contributed by atoms with Crippen molar-refractivity contribution in [2.45, 2.75) is 12.5 Å². The minimum absolute atomic E-state index is 0.212. The summed E-state index contributed by atoms with van der Waals surface area (Å²) in [5.41, 5.74) is 0.0582. The van der Waals surface area contributed by atoms with Crippen molar-refractivity contribution in [1.29, 1.82) is 0 Å². The second kappa shape index (κ2) is 6.78. The van der Waals surface area contributed by atoms with E-state index in [4.69, 9.17) is 16.3 Å². The number of ether oxygens (including phenoxy) is 1. The number of benzene rings is 1. The molecule has 0 fully saturated rings. The molecule has 0 aliphatic carbocycles. The predicted molar refractivity (Wildman–Crippen MR) is 81.5 cm³/mol. The summed E-state index contributed by atoms with van der Waals surface area (Å²) in [4.78, 5) is 12.2. The summed E-state index contributed by atoms with van der Waals surface area (Å²) in [6.45, 7) is 1.94. The molecular weight excluding hydrogens is 385 g/mol. The summed E-state index contributed by atoms with van der Waals surface area (Å²) in [6.07, 6.45) is 0. The van der Waals surface area contributed by atoms with Crippen LogP contribution >= 0.6 is 43.5 Å². The van der Waals surface area contributed by atoms with Crippen molar-refractivity contribution >= 4 is 49.4 Å². The van der Waals surface area contributed by atoms with Crippen LogP contribution in [0.3, 0.4) is 0 Å². The van der Waals surface area contributed by atoms with Crippen molar-refractivity contribution in [1.82, 2.24) is 5.32 Å². The fourth-order valence-corrected chi connectivity index (χ4v) is 2.68. The average molecular weight is 400 g/mol. The molecule has 0 unspecified atom stereocenters. The third-order valence-corrected chi connectivity index (χ3v) is 5.12. The van der Waals surface area contributed by atoms with Gasteiger partial charge in [-0.2, -0.15) is 0 Å². The van der Waals surface area contributed by atoms with Gasteiger partial charge in [-0.25, -0.2) is 0 Å². The van der Waals surface area contributed by atoms with Gasteiger partial charge in [0, 0.05) is 15.7 Å². The number of rotatable bonds is 5. The lowest BCUT2D eigenvalue weighted by molar-refractivity contribution is 0.0920. The minimum atomic E-state index is -0.371. The summed E-state index contributed by atoms with van der Waals surface area (Å²) in [5, 5.41) is 4.72. The third-order valence-electron chi connectivity index (χ3n) is 2.41. The fourth-order valence-electron chi connectivity index (χ4n) is 1.30. The highest BCUT2D eigenvalue weighted by Crippen LogP contribution is 2.23. The van der Waals surface area contributed by atoms with E-state index in [-0.39, 0.29) is 11.4 Å². The summed E-state index contributed by atoms with van der Waals surface area (Å²) in [5.74, 6) is 0.291. The van der Waals surface area contributed by atoms with Crippen LogP contribution in [0.2, 0.25) is 5.02 Å². The summed E-state index contributed by atoms with van der Waals surface area (Å²) < 4.78 is 5.16. The Balaban J connectivity index is 3.00. The number of nitrogens with one attached hydrogen (secondary N) is 1. The molecule has 18 heavy (non-hydrogen) atoms. The highest BCUT2D eigenvalue weighted by atomic mass is 79.9. The molecule has 0 spiro atoms. The number of hydrogen-bond donors (Lipinski definition) is 1. The van der Waals surface area contributed by atoms with E-state index >= 15 is 0 Å². The summed E-state index contributed by atoms with van der Waals surface area (Å²) in [6, 6.07) is 4.96. The first-order valence-electron chi connectivity index (χ1n) is 5.24. The highest BCUT2D eigenvalue weighted by Gasteiger charge is 2.25. The molecule has 0 aliphatic rings. The van der Waals surface area contributed by atoms with E-state index in [0.717, 1.165) is 0 Å².